The lowest BCUT2D eigenvalue weighted by atomic mass is 10.0. The van der Waals surface area contributed by atoms with Crippen LogP contribution in [0.2, 0.25) is 5.15 Å². The molecule has 2 aromatic heterocycles. The molecule has 28 heavy (non-hydrogen) atoms. The van der Waals surface area contributed by atoms with Gasteiger partial charge >= 0.3 is 0 Å². The molecule has 1 N–H and O–H groups in total. The summed E-state index contributed by atoms with van der Waals surface area (Å²) in [5, 5.41) is 8.20. The number of nitrogens with one attached hydrogen (secondary N) is 1. The highest BCUT2D eigenvalue weighted by molar-refractivity contribution is 7.15. The normalized spacial score (nSPS) is 13.7. The lowest BCUT2D eigenvalue weighted by Crippen LogP contribution is -2.07. The Hall–Kier alpha value is -2.51. The molecule has 3 aromatic rings. The molecular weight excluding hydrogens is 399 g/mol. The number of rotatable bonds is 4. The summed E-state index contributed by atoms with van der Waals surface area (Å²) in [6, 6.07) is 5.88. The van der Waals surface area contributed by atoms with Gasteiger partial charge in [-0.2, -0.15) is 5.10 Å². The Morgan fingerprint density at radius 1 is 1.29 bits per heavy atom. The second kappa shape index (κ2) is 7.85. The number of hydrogen-bond donors (Lipinski definition) is 1. The van der Waals surface area contributed by atoms with Gasteiger partial charge in [-0.05, 0) is 62.9 Å². The van der Waals surface area contributed by atoms with E-state index in [1.165, 1.54) is 34.2 Å². The predicted molar refractivity (Wildman–Crippen MR) is 110 cm³/mol. The third-order valence-electron chi connectivity index (χ3n) is 4.60. The first-order valence-corrected chi connectivity index (χ1v) is 10.2. The largest absolute Gasteiger partial charge is 0.298 e. The molecule has 1 amide bonds. The fourth-order valence-corrected chi connectivity index (χ4v) is 4.55. The molecule has 2 heterocycles. The molecule has 1 aliphatic carbocycles. The number of amides is 1. The quantitative estimate of drug-likeness (QED) is 0.611. The minimum Gasteiger partial charge on any atom is -0.298 e. The molecule has 0 saturated carbocycles. The van der Waals surface area contributed by atoms with E-state index in [0.717, 1.165) is 25.0 Å². The molecule has 0 saturated heterocycles. The first-order valence-electron chi connectivity index (χ1n) is 9.00. The molecular formula is C20H18ClFN4OS. The number of anilines is 1. The number of fused-ring (bicyclic) bond motifs is 1. The molecule has 0 fully saturated rings. The average molecular weight is 417 g/mol. The Bertz CT molecular complexity index is 1030. The van der Waals surface area contributed by atoms with Crippen LogP contribution < -0.4 is 5.32 Å². The molecule has 0 aliphatic heterocycles. The number of aromatic nitrogens is 3. The fourth-order valence-electron chi connectivity index (χ4n) is 3.17. The molecule has 5 nitrogen and oxygen atoms in total. The Kier molecular flexibility index (Phi) is 5.28. The first kappa shape index (κ1) is 18.8. The Morgan fingerprint density at radius 3 is 2.79 bits per heavy atom. The molecule has 0 radical (unpaired) electrons. The van der Waals surface area contributed by atoms with E-state index in [1.807, 2.05) is 0 Å². The summed E-state index contributed by atoms with van der Waals surface area (Å²) in [6.45, 7) is 1.80. The Balaban J connectivity index is 1.50. The van der Waals surface area contributed by atoms with Crippen LogP contribution in [0.1, 0.15) is 34.7 Å². The van der Waals surface area contributed by atoms with Gasteiger partial charge in [-0.25, -0.2) is 14.1 Å². The van der Waals surface area contributed by atoms with E-state index in [2.05, 4.69) is 15.4 Å². The summed E-state index contributed by atoms with van der Waals surface area (Å²) in [4.78, 5) is 18.1. The zero-order chi connectivity index (χ0) is 19.7. The van der Waals surface area contributed by atoms with E-state index in [1.54, 1.807) is 36.5 Å². The maximum atomic E-state index is 13.1. The van der Waals surface area contributed by atoms with E-state index in [9.17, 15) is 9.18 Å². The van der Waals surface area contributed by atoms with Crippen molar-refractivity contribution in [2.45, 2.75) is 32.6 Å². The van der Waals surface area contributed by atoms with E-state index in [0.29, 0.717) is 27.2 Å². The van der Waals surface area contributed by atoms with Crippen molar-refractivity contribution in [3.63, 3.8) is 0 Å². The van der Waals surface area contributed by atoms with Crippen LogP contribution in [0.5, 0.6) is 0 Å². The Labute approximate surface area is 170 Å². The zero-order valence-electron chi connectivity index (χ0n) is 15.2. The maximum Gasteiger partial charge on any atom is 0.250 e. The van der Waals surface area contributed by atoms with Gasteiger partial charge < -0.3 is 0 Å². The van der Waals surface area contributed by atoms with Gasteiger partial charge in [0.25, 0.3) is 0 Å². The molecule has 144 valence electrons. The summed E-state index contributed by atoms with van der Waals surface area (Å²) < 4.78 is 14.6. The summed E-state index contributed by atoms with van der Waals surface area (Å²) in [6.07, 6.45) is 7.40. The van der Waals surface area contributed by atoms with E-state index >= 15 is 0 Å². The molecule has 1 aliphatic rings. The molecule has 0 spiro atoms. The number of aryl methyl sites for hydroxylation is 3. The van der Waals surface area contributed by atoms with Gasteiger partial charge in [0.1, 0.15) is 11.0 Å². The fraction of sp³-hybridized carbons (Fsp3) is 0.250. The van der Waals surface area contributed by atoms with E-state index < -0.39 is 0 Å². The van der Waals surface area contributed by atoms with E-state index in [-0.39, 0.29) is 11.7 Å². The monoisotopic (exact) mass is 416 g/mol. The number of carbonyl (C=O) groups is 1. The highest BCUT2D eigenvalue weighted by Crippen LogP contribution is 2.29. The molecule has 8 heteroatoms. The zero-order valence-corrected chi connectivity index (χ0v) is 16.8. The Morgan fingerprint density at radius 2 is 2.04 bits per heavy atom. The van der Waals surface area contributed by atoms with Crippen molar-refractivity contribution in [1.82, 2.24) is 14.8 Å². The summed E-state index contributed by atoms with van der Waals surface area (Å²) >= 11 is 7.97. The number of carbonyl (C=O) groups excluding carboxylic acids is 1. The van der Waals surface area contributed by atoms with Crippen molar-refractivity contribution in [2.24, 2.45) is 0 Å². The van der Waals surface area contributed by atoms with Crippen LogP contribution in [0.25, 0.3) is 11.8 Å². The highest BCUT2D eigenvalue weighted by atomic mass is 35.5. The summed E-state index contributed by atoms with van der Waals surface area (Å²) in [5.74, 6) is -0.597. The number of halogens is 2. The third kappa shape index (κ3) is 3.86. The van der Waals surface area contributed by atoms with Gasteiger partial charge in [-0.15, -0.1) is 11.3 Å². The minimum absolute atomic E-state index is 0.268. The van der Waals surface area contributed by atoms with Crippen LogP contribution in [0.15, 0.2) is 30.3 Å². The molecule has 1 aromatic carbocycles. The lowest BCUT2D eigenvalue weighted by molar-refractivity contribution is -0.111. The van der Waals surface area contributed by atoms with Gasteiger partial charge in [0.2, 0.25) is 5.91 Å². The minimum atomic E-state index is -0.329. The number of benzene rings is 1. The number of thiazole rings is 1. The van der Waals surface area contributed by atoms with Crippen molar-refractivity contribution >= 4 is 40.1 Å². The number of nitrogens with zero attached hydrogens (tertiary/aromatic N) is 3. The van der Waals surface area contributed by atoms with Gasteiger partial charge in [-0.1, -0.05) is 11.6 Å². The van der Waals surface area contributed by atoms with Crippen molar-refractivity contribution in [2.75, 3.05) is 5.32 Å². The lowest BCUT2D eigenvalue weighted by Gasteiger charge is -2.06. The van der Waals surface area contributed by atoms with Crippen LogP contribution in [-0.2, 0) is 17.6 Å². The standard InChI is InChI=1S/C20H18ClFN4OS/c1-12-15(19(21)26(25-12)14-8-6-13(22)7-9-14)10-11-18(27)24-20-23-16-4-2-3-5-17(16)28-20/h6-11H,2-5H2,1H3,(H,23,24,27). The van der Waals surface area contributed by atoms with E-state index in [4.69, 9.17) is 11.6 Å². The second-order valence-corrected chi connectivity index (χ2v) is 8.04. The van der Waals surface area contributed by atoms with Gasteiger partial charge in [0, 0.05) is 16.5 Å². The summed E-state index contributed by atoms with van der Waals surface area (Å²) in [5.41, 5.74) is 3.06. The summed E-state index contributed by atoms with van der Waals surface area (Å²) in [7, 11) is 0. The number of hydrogen-bond acceptors (Lipinski definition) is 4. The van der Waals surface area contributed by atoms with Crippen molar-refractivity contribution in [1.29, 1.82) is 0 Å². The first-order chi connectivity index (χ1) is 13.5. The van der Waals surface area contributed by atoms with Crippen molar-refractivity contribution in [3.05, 3.63) is 63.1 Å². The van der Waals surface area contributed by atoms with Gasteiger partial charge in [-0.3, -0.25) is 10.1 Å². The van der Waals surface area contributed by atoms with Crippen LogP contribution in [0.3, 0.4) is 0 Å². The molecule has 0 bridgehead atoms. The SMILES string of the molecule is Cc1nn(-c2ccc(F)cc2)c(Cl)c1C=CC(=O)Nc1nc2c(s1)CCCC2. The van der Waals surface area contributed by atoms with Gasteiger partial charge in [0.05, 0.1) is 17.1 Å². The third-order valence-corrected chi connectivity index (χ3v) is 6.03. The highest BCUT2D eigenvalue weighted by Gasteiger charge is 2.16. The van der Waals surface area contributed by atoms with Crippen LogP contribution in [0, 0.1) is 12.7 Å². The van der Waals surface area contributed by atoms with Gasteiger partial charge in [0.15, 0.2) is 5.13 Å². The van der Waals surface area contributed by atoms with Crippen LogP contribution in [-0.4, -0.2) is 20.7 Å². The van der Waals surface area contributed by atoms with Crippen LogP contribution >= 0.6 is 22.9 Å². The average Bonchev–Trinajstić information content (AvgIpc) is 3.21. The molecule has 4 rings (SSSR count). The molecule has 0 unspecified atom stereocenters. The predicted octanol–water partition coefficient (Wildman–Crippen LogP) is 4.96. The second-order valence-electron chi connectivity index (χ2n) is 6.60. The maximum absolute atomic E-state index is 13.1. The van der Waals surface area contributed by atoms with Crippen LogP contribution in [0.4, 0.5) is 9.52 Å². The topological polar surface area (TPSA) is 59.8 Å². The van der Waals surface area contributed by atoms with Crippen molar-refractivity contribution < 1.29 is 9.18 Å². The molecule has 0 atom stereocenters. The smallest absolute Gasteiger partial charge is 0.250 e. The van der Waals surface area contributed by atoms with Crippen molar-refractivity contribution in [3.8, 4) is 5.69 Å².